The first kappa shape index (κ1) is 15.2. The van der Waals surface area contributed by atoms with Crippen LogP contribution in [-0.2, 0) is 10.2 Å². The minimum Gasteiger partial charge on any atom is -0.195 e. The molecule has 0 radical (unpaired) electrons. The lowest BCUT2D eigenvalue weighted by Crippen LogP contribution is -2.46. The van der Waals surface area contributed by atoms with Crippen molar-refractivity contribution in [3.8, 4) is 0 Å². The molecule has 102 valence electrons. The quantitative estimate of drug-likeness (QED) is 0.723. The molecule has 0 saturated carbocycles. The summed E-state index contributed by atoms with van der Waals surface area (Å²) >= 11 is 5.85. The molecule has 0 N–H and O–H groups in total. The summed E-state index contributed by atoms with van der Waals surface area (Å²) in [7, 11) is -1.65. The molecule has 4 nitrogen and oxygen atoms in total. The number of hydrogen-bond acceptors (Lipinski definition) is 2. The molecular weight excluding hydrogens is 260 g/mol. The lowest BCUT2D eigenvalue weighted by Gasteiger charge is -2.33. The van der Waals surface area contributed by atoms with Crippen LogP contribution in [0.2, 0.25) is 0 Å². The Hall–Kier alpha value is 0.160. The van der Waals surface area contributed by atoms with E-state index in [1.165, 1.54) is 4.31 Å². The van der Waals surface area contributed by atoms with Crippen molar-refractivity contribution in [3.05, 3.63) is 0 Å². The third-order valence-electron chi connectivity index (χ3n) is 3.18. The third-order valence-corrected chi connectivity index (χ3v) is 5.35. The van der Waals surface area contributed by atoms with Gasteiger partial charge < -0.3 is 0 Å². The first-order chi connectivity index (χ1) is 7.84. The first-order valence-corrected chi connectivity index (χ1v) is 8.03. The van der Waals surface area contributed by atoms with E-state index >= 15 is 0 Å². The van der Waals surface area contributed by atoms with Gasteiger partial charge in [0.05, 0.1) is 0 Å². The molecular formula is C11H23ClN2O2S. The van der Waals surface area contributed by atoms with Gasteiger partial charge in [-0.15, -0.1) is 11.6 Å². The Morgan fingerprint density at radius 3 is 2.71 bits per heavy atom. The predicted octanol–water partition coefficient (Wildman–Crippen LogP) is 1.91. The van der Waals surface area contributed by atoms with Gasteiger partial charge in [-0.05, 0) is 32.1 Å². The van der Waals surface area contributed by atoms with Crippen molar-refractivity contribution >= 4 is 21.8 Å². The smallest absolute Gasteiger partial charge is 0.195 e. The summed E-state index contributed by atoms with van der Waals surface area (Å²) in [4.78, 5) is 0. The zero-order chi connectivity index (χ0) is 13.1. The fourth-order valence-electron chi connectivity index (χ4n) is 2.03. The Morgan fingerprint density at radius 2 is 2.18 bits per heavy atom. The summed E-state index contributed by atoms with van der Waals surface area (Å²) in [5.74, 6) is 0.457. The molecule has 1 saturated heterocycles. The maximum Gasteiger partial charge on any atom is 0.281 e. The Labute approximate surface area is 110 Å². The van der Waals surface area contributed by atoms with Crippen LogP contribution in [0.5, 0.6) is 0 Å². The maximum atomic E-state index is 12.3. The molecule has 0 spiro atoms. The van der Waals surface area contributed by atoms with Gasteiger partial charge in [-0.2, -0.15) is 17.0 Å². The molecule has 0 aromatic rings. The molecule has 1 fully saturated rings. The molecule has 1 rings (SSSR count). The molecule has 0 aromatic heterocycles. The number of alkyl halides is 1. The molecule has 0 amide bonds. The van der Waals surface area contributed by atoms with E-state index in [9.17, 15) is 8.42 Å². The molecule has 2 unspecified atom stereocenters. The molecule has 0 aliphatic carbocycles. The van der Waals surface area contributed by atoms with Crippen LogP contribution < -0.4 is 0 Å². The van der Waals surface area contributed by atoms with Crippen LogP contribution in [0, 0.1) is 5.92 Å². The van der Waals surface area contributed by atoms with Gasteiger partial charge in [0.25, 0.3) is 10.2 Å². The lowest BCUT2D eigenvalue weighted by atomic mass is 10.0. The monoisotopic (exact) mass is 282 g/mol. The maximum absolute atomic E-state index is 12.3. The van der Waals surface area contributed by atoms with Crippen LogP contribution >= 0.6 is 11.6 Å². The van der Waals surface area contributed by atoms with E-state index in [0.29, 0.717) is 32.0 Å². The molecule has 6 heteroatoms. The first-order valence-electron chi connectivity index (χ1n) is 6.19. The van der Waals surface area contributed by atoms with Crippen molar-refractivity contribution in [1.29, 1.82) is 0 Å². The van der Waals surface area contributed by atoms with Gasteiger partial charge in [0, 0.05) is 32.1 Å². The Morgan fingerprint density at radius 1 is 1.53 bits per heavy atom. The van der Waals surface area contributed by atoms with E-state index in [-0.39, 0.29) is 5.38 Å². The SMILES string of the molecule is CC(Cl)CCN(C)S(=O)(=O)N1CCCC(C)C1. The average Bonchev–Trinajstić information content (AvgIpc) is 2.25. The second-order valence-corrected chi connectivity index (χ2v) is 7.78. The fraction of sp³-hybridized carbons (Fsp3) is 1.00. The molecule has 0 aromatic carbocycles. The average molecular weight is 283 g/mol. The second kappa shape index (κ2) is 6.36. The van der Waals surface area contributed by atoms with Crippen molar-refractivity contribution in [2.24, 2.45) is 5.92 Å². The van der Waals surface area contributed by atoms with Gasteiger partial charge in [-0.3, -0.25) is 0 Å². The van der Waals surface area contributed by atoms with Crippen molar-refractivity contribution in [2.75, 3.05) is 26.7 Å². The summed E-state index contributed by atoms with van der Waals surface area (Å²) in [5.41, 5.74) is 0. The third kappa shape index (κ3) is 4.39. The number of rotatable bonds is 5. The van der Waals surface area contributed by atoms with E-state index in [1.54, 1.807) is 11.4 Å². The minimum absolute atomic E-state index is 0.00734. The van der Waals surface area contributed by atoms with Crippen molar-refractivity contribution in [2.45, 2.75) is 38.5 Å². The second-order valence-electron chi connectivity index (χ2n) is 5.00. The molecule has 1 aliphatic rings. The summed E-state index contributed by atoms with van der Waals surface area (Å²) in [5, 5.41) is 0.00734. The highest BCUT2D eigenvalue weighted by Gasteiger charge is 2.30. The number of halogens is 1. The van der Waals surface area contributed by atoms with Gasteiger partial charge in [0.2, 0.25) is 0 Å². The van der Waals surface area contributed by atoms with Crippen LogP contribution in [0.1, 0.15) is 33.1 Å². The summed E-state index contributed by atoms with van der Waals surface area (Å²) in [6.45, 7) is 5.75. The van der Waals surface area contributed by atoms with Crippen LogP contribution in [-0.4, -0.2) is 49.1 Å². The van der Waals surface area contributed by atoms with E-state index < -0.39 is 10.2 Å². The summed E-state index contributed by atoms with van der Waals surface area (Å²) in [6, 6.07) is 0. The van der Waals surface area contributed by atoms with Crippen molar-refractivity contribution in [3.63, 3.8) is 0 Å². The molecule has 0 bridgehead atoms. The lowest BCUT2D eigenvalue weighted by molar-refractivity contribution is 0.263. The van der Waals surface area contributed by atoms with Crippen molar-refractivity contribution < 1.29 is 8.42 Å². The van der Waals surface area contributed by atoms with Gasteiger partial charge in [0.15, 0.2) is 0 Å². The zero-order valence-corrected chi connectivity index (χ0v) is 12.5. The van der Waals surface area contributed by atoms with Crippen LogP contribution in [0.4, 0.5) is 0 Å². The topological polar surface area (TPSA) is 40.6 Å². The minimum atomic E-state index is -3.28. The standard InChI is InChI=1S/C11H23ClN2O2S/c1-10-5-4-7-14(9-10)17(15,16)13(3)8-6-11(2)12/h10-11H,4-9H2,1-3H3. The van der Waals surface area contributed by atoms with Gasteiger partial charge in [-0.1, -0.05) is 6.92 Å². The molecule has 2 atom stereocenters. The fourth-order valence-corrected chi connectivity index (χ4v) is 3.66. The number of hydrogen-bond donors (Lipinski definition) is 0. The Kier molecular flexibility index (Phi) is 5.70. The highest BCUT2D eigenvalue weighted by molar-refractivity contribution is 7.86. The predicted molar refractivity (Wildman–Crippen MR) is 71.5 cm³/mol. The Bertz CT molecular complexity index is 332. The van der Waals surface area contributed by atoms with Crippen LogP contribution in [0.15, 0.2) is 0 Å². The van der Waals surface area contributed by atoms with Gasteiger partial charge in [-0.25, -0.2) is 0 Å². The molecule has 17 heavy (non-hydrogen) atoms. The normalized spacial score (nSPS) is 25.1. The number of piperidine rings is 1. The van der Waals surface area contributed by atoms with Crippen LogP contribution in [0.25, 0.3) is 0 Å². The van der Waals surface area contributed by atoms with E-state index in [2.05, 4.69) is 6.92 Å². The number of nitrogens with zero attached hydrogens (tertiary/aromatic N) is 2. The van der Waals surface area contributed by atoms with Crippen molar-refractivity contribution in [1.82, 2.24) is 8.61 Å². The summed E-state index contributed by atoms with van der Waals surface area (Å²) < 4.78 is 27.5. The highest BCUT2D eigenvalue weighted by atomic mass is 35.5. The van der Waals surface area contributed by atoms with E-state index in [1.807, 2.05) is 6.92 Å². The molecule has 1 aliphatic heterocycles. The van der Waals surface area contributed by atoms with E-state index in [4.69, 9.17) is 11.6 Å². The van der Waals surface area contributed by atoms with Gasteiger partial charge in [0.1, 0.15) is 0 Å². The zero-order valence-electron chi connectivity index (χ0n) is 10.9. The largest absolute Gasteiger partial charge is 0.281 e. The summed E-state index contributed by atoms with van der Waals surface area (Å²) in [6.07, 6.45) is 2.76. The van der Waals surface area contributed by atoms with E-state index in [0.717, 1.165) is 12.8 Å². The van der Waals surface area contributed by atoms with Gasteiger partial charge >= 0.3 is 0 Å². The van der Waals surface area contributed by atoms with Crippen LogP contribution in [0.3, 0.4) is 0 Å². The Balaban J connectivity index is 2.59. The molecule has 1 heterocycles. The highest BCUT2D eigenvalue weighted by Crippen LogP contribution is 2.20.